The molecule has 5 heteroatoms. The van der Waals surface area contributed by atoms with E-state index in [2.05, 4.69) is 25.3 Å². The van der Waals surface area contributed by atoms with Crippen LogP contribution >= 0.6 is 25.3 Å². The Kier molecular flexibility index (Phi) is 1.89. The Balaban J connectivity index is 1.60. The molecular formula is C6H10O3S2. The highest BCUT2D eigenvalue weighted by molar-refractivity contribution is 7.82. The van der Waals surface area contributed by atoms with Gasteiger partial charge >= 0.3 is 0 Å². The largest absolute Gasteiger partial charge is 0.373 e. The van der Waals surface area contributed by atoms with Gasteiger partial charge in [0.15, 0.2) is 9.87 Å². The zero-order valence-electron chi connectivity index (χ0n) is 5.95. The van der Waals surface area contributed by atoms with E-state index in [9.17, 15) is 0 Å². The fourth-order valence-electron chi connectivity index (χ4n) is 0.703. The Morgan fingerprint density at radius 1 is 1.09 bits per heavy atom. The summed E-state index contributed by atoms with van der Waals surface area (Å²) < 4.78 is 15.3. The van der Waals surface area contributed by atoms with Crippen LogP contribution in [0.25, 0.3) is 0 Å². The summed E-state index contributed by atoms with van der Waals surface area (Å²) in [4.78, 5) is -0.641. The van der Waals surface area contributed by atoms with Crippen LogP contribution in [0.3, 0.4) is 0 Å². The molecule has 0 aromatic heterocycles. The molecule has 2 saturated heterocycles. The van der Waals surface area contributed by atoms with Gasteiger partial charge in [-0.2, -0.15) is 0 Å². The third kappa shape index (κ3) is 2.26. The number of epoxide rings is 2. The van der Waals surface area contributed by atoms with Crippen molar-refractivity contribution in [2.75, 3.05) is 26.4 Å². The summed E-state index contributed by atoms with van der Waals surface area (Å²) in [6.07, 6.45) is 0. The van der Waals surface area contributed by atoms with Crippen LogP contribution in [0, 0.1) is 0 Å². The van der Waals surface area contributed by atoms with Crippen molar-refractivity contribution in [2.45, 2.75) is 9.87 Å². The lowest BCUT2D eigenvalue weighted by atomic mass is 10.5. The molecule has 11 heavy (non-hydrogen) atoms. The first kappa shape index (κ1) is 8.19. The van der Waals surface area contributed by atoms with Gasteiger partial charge in [-0.1, -0.05) is 0 Å². The summed E-state index contributed by atoms with van der Waals surface area (Å²) in [6, 6.07) is 0. The molecule has 2 rings (SSSR count). The topological polar surface area (TPSA) is 34.3 Å². The average Bonchev–Trinajstić information content (AvgIpc) is 2.78. The molecule has 0 amide bonds. The van der Waals surface area contributed by atoms with E-state index in [-0.39, 0.29) is 9.87 Å². The maximum absolute atomic E-state index is 5.28. The van der Waals surface area contributed by atoms with Crippen LogP contribution in [0.5, 0.6) is 0 Å². The van der Waals surface area contributed by atoms with Crippen LogP contribution < -0.4 is 0 Å². The van der Waals surface area contributed by atoms with E-state index in [4.69, 9.17) is 14.2 Å². The molecule has 0 aromatic carbocycles. The third-order valence-corrected chi connectivity index (χ3v) is 2.38. The van der Waals surface area contributed by atoms with Gasteiger partial charge < -0.3 is 14.2 Å². The van der Waals surface area contributed by atoms with E-state index in [1.807, 2.05) is 0 Å². The summed E-state index contributed by atoms with van der Waals surface area (Å²) in [5.74, 6) is 0. The van der Waals surface area contributed by atoms with Gasteiger partial charge in [0.25, 0.3) is 0 Å². The van der Waals surface area contributed by atoms with E-state index >= 15 is 0 Å². The predicted molar refractivity (Wildman–Crippen MR) is 46.2 cm³/mol. The monoisotopic (exact) mass is 194 g/mol. The maximum Gasteiger partial charge on any atom is 0.157 e. The van der Waals surface area contributed by atoms with Crippen molar-refractivity contribution in [3.63, 3.8) is 0 Å². The quantitative estimate of drug-likeness (QED) is 0.499. The summed E-state index contributed by atoms with van der Waals surface area (Å²) in [5, 5.41) is 0. The summed E-state index contributed by atoms with van der Waals surface area (Å²) in [6.45, 7) is 2.39. The summed E-state index contributed by atoms with van der Waals surface area (Å²) >= 11 is 8.41. The molecule has 0 saturated carbocycles. The Labute approximate surface area is 76.2 Å². The smallest absolute Gasteiger partial charge is 0.157 e. The van der Waals surface area contributed by atoms with E-state index in [0.717, 1.165) is 0 Å². The van der Waals surface area contributed by atoms with Gasteiger partial charge in [-0.3, -0.25) is 0 Å². The van der Waals surface area contributed by atoms with Gasteiger partial charge in [-0.25, -0.2) is 0 Å². The normalized spacial score (nSPS) is 47.5. The minimum absolute atomic E-state index is 0.320. The molecule has 2 aliphatic rings. The first-order valence-electron chi connectivity index (χ1n) is 3.42. The molecular weight excluding hydrogens is 184 g/mol. The molecule has 2 fully saturated rings. The van der Waals surface area contributed by atoms with Crippen LogP contribution in [0.1, 0.15) is 0 Å². The zero-order chi connectivity index (χ0) is 7.95. The molecule has 64 valence electrons. The summed E-state index contributed by atoms with van der Waals surface area (Å²) in [5.41, 5.74) is 0. The van der Waals surface area contributed by atoms with Crippen LogP contribution in [-0.4, -0.2) is 36.3 Å². The van der Waals surface area contributed by atoms with Crippen molar-refractivity contribution in [3.8, 4) is 0 Å². The lowest BCUT2D eigenvalue weighted by molar-refractivity contribution is 0.0874. The Morgan fingerprint density at radius 3 is 1.73 bits per heavy atom. The average molecular weight is 194 g/mol. The number of ether oxygens (including phenoxy) is 3. The van der Waals surface area contributed by atoms with E-state index in [1.165, 1.54) is 0 Å². The van der Waals surface area contributed by atoms with Crippen LogP contribution in [-0.2, 0) is 14.2 Å². The second-order valence-corrected chi connectivity index (χ2v) is 4.59. The predicted octanol–water partition coefficient (Wildman–Crippen LogP) is 0.316. The van der Waals surface area contributed by atoms with Crippen LogP contribution in [0.4, 0.5) is 0 Å². The van der Waals surface area contributed by atoms with Gasteiger partial charge in [0, 0.05) is 0 Å². The molecule has 0 aliphatic carbocycles. The number of hydrogen-bond donors (Lipinski definition) is 2. The van der Waals surface area contributed by atoms with Gasteiger partial charge in [0.2, 0.25) is 0 Å². The van der Waals surface area contributed by atoms with Crippen molar-refractivity contribution in [2.24, 2.45) is 0 Å². The molecule has 0 aromatic rings. The fraction of sp³-hybridized carbons (Fsp3) is 1.00. The van der Waals surface area contributed by atoms with Crippen LogP contribution in [0.15, 0.2) is 0 Å². The number of rotatable bonds is 4. The molecule has 2 atom stereocenters. The van der Waals surface area contributed by atoms with Gasteiger partial charge in [-0.15, -0.1) is 25.3 Å². The Hall–Kier alpha value is 0.580. The van der Waals surface area contributed by atoms with Crippen molar-refractivity contribution in [1.82, 2.24) is 0 Å². The second-order valence-electron chi connectivity index (χ2n) is 2.96. The molecule has 0 bridgehead atoms. The zero-order valence-corrected chi connectivity index (χ0v) is 7.74. The second kappa shape index (κ2) is 2.53. The molecule has 0 spiro atoms. The minimum atomic E-state index is -0.320. The lowest BCUT2D eigenvalue weighted by Crippen LogP contribution is -2.18. The minimum Gasteiger partial charge on any atom is -0.373 e. The van der Waals surface area contributed by atoms with Gasteiger partial charge in [0.1, 0.15) is 0 Å². The van der Waals surface area contributed by atoms with Gasteiger partial charge in [-0.05, 0) is 0 Å². The van der Waals surface area contributed by atoms with Crippen molar-refractivity contribution < 1.29 is 14.2 Å². The van der Waals surface area contributed by atoms with E-state index < -0.39 is 0 Å². The fourth-order valence-corrected chi connectivity index (χ4v) is 1.01. The maximum atomic E-state index is 5.28. The Bertz CT molecular complexity index is 147. The molecule has 2 unspecified atom stereocenters. The van der Waals surface area contributed by atoms with Crippen LogP contribution in [0.2, 0.25) is 0 Å². The first-order chi connectivity index (χ1) is 5.12. The molecule has 2 heterocycles. The summed E-state index contributed by atoms with van der Waals surface area (Å²) in [7, 11) is 0. The van der Waals surface area contributed by atoms with Crippen molar-refractivity contribution >= 4 is 25.3 Å². The van der Waals surface area contributed by atoms with E-state index in [0.29, 0.717) is 26.4 Å². The number of hydrogen-bond acceptors (Lipinski definition) is 5. The highest BCUT2D eigenvalue weighted by Crippen LogP contribution is 2.34. The number of thiol groups is 2. The Morgan fingerprint density at radius 2 is 1.45 bits per heavy atom. The molecule has 0 N–H and O–H groups in total. The van der Waals surface area contributed by atoms with E-state index in [1.54, 1.807) is 0 Å². The van der Waals surface area contributed by atoms with Gasteiger partial charge in [0.05, 0.1) is 26.4 Å². The first-order valence-corrected chi connectivity index (χ1v) is 4.32. The molecule has 0 radical (unpaired) electrons. The third-order valence-electron chi connectivity index (χ3n) is 1.61. The van der Waals surface area contributed by atoms with Crippen molar-refractivity contribution in [1.29, 1.82) is 0 Å². The lowest BCUT2D eigenvalue weighted by Gasteiger charge is -2.07. The SMILES string of the molecule is SC1(COCC2(S)CO2)CO1. The highest BCUT2D eigenvalue weighted by atomic mass is 32.1. The highest BCUT2D eigenvalue weighted by Gasteiger charge is 2.45. The standard InChI is InChI=1S/C6H10O3S2/c10-5(3-8-5)1-7-2-6(11)4-9-6/h10-11H,1-4H2. The van der Waals surface area contributed by atoms with Crippen molar-refractivity contribution in [3.05, 3.63) is 0 Å². The molecule has 2 aliphatic heterocycles. The molecule has 3 nitrogen and oxygen atoms in total.